The summed E-state index contributed by atoms with van der Waals surface area (Å²) in [6.07, 6.45) is 5.22. The van der Waals surface area contributed by atoms with Crippen molar-refractivity contribution in [1.82, 2.24) is 4.98 Å². The minimum Gasteiger partial charge on any atom is -0.432 e. The summed E-state index contributed by atoms with van der Waals surface area (Å²) in [6.45, 7) is -1.10. The monoisotopic (exact) mass is 372 g/mol. The van der Waals surface area contributed by atoms with E-state index in [-0.39, 0.29) is 6.04 Å². The third-order valence-electron chi connectivity index (χ3n) is 4.71. The SMILES string of the molecule is N#Cc1ccc(N2CC(N3CC=Cc4cc(F)c(OC(F)F)cc43)C2)nc1. The fourth-order valence-electron chi connectivity index (χ4n) is 3.34. The van der Waals surface area contributed by atoms with Crippen LogP contribution in [0.3, 0.4) is 0 Å². The van der Waals surface area contributed by atoms with Crippen LogP contribution in [0, 0.1) is 17.1 Å². The Balaban J connectivity index is 1.51. The minimum absolute atomic E-state index is 0.135. The van der Waals surface area contributed by atoms with E-state index in [1.807, 2.05) is 17.0 Å². The molecule has 0 bridgehead atoms. The number of hydrogen-bond donors (Lipinski definition) is 0. The largest absolute Gasteiger partial charge is 0.432 e. The van der Waals surface area contributed by atoms with Gasteiger partial charge in [-0.1, -0.05) is 12.2 Å². The zero-order valence-corrected chi connectivity index (χ0v) is 14.1. The number of ether oxygens (including phenoxy) is 1. The van der Waals surface area contributed by atoms with E-state index in [2.05, 4.69) is 14.6 Å². The zero-order valence-electron chi connectivity index (χ0n) is 14.1. The number of benzene rings is 1. The van der Waals surface area contributed by atoms with Gasteiger partial charge in [0.2, 0.25) is 0 Å². The van der Waals surface area contributed by atoms with Crippen molar-refractivity contribution in [3.63, 3.8) is 0 Å². The molecule has 1 aromatic carbocycles. The van der Waals surface area contributed by atoms with Crippen molar-refractivity contribution in [2.24, 2.45) is 0 Å². The lowest BCUT2D eigenvalue weighted by Crippen LogP contribution is -2.60. The van der Waals surface area contributed by atoms with Gasteiger partial charge < -0.3 is 14.5 Å². The third kappa shape index (κ3) is 3.28. The van der Waals surface area contributed by atoms with Crippen molar-refractivity contribution in [3.05, 3.63) is 53.5 Å². The molecule has 2 aliphatic rings. The van der Waals surface area contributed by atoms with E-state index in [1.54, 1.807) is 18.2 Å². The number of hydrogen-bond acceptors (Lipinski definition) is 5. The van der Waals surface area contributed by atoms with Crippen LogP contribution in [0.1, 0.15) is 11.1 Å². The molecule has 0 spiro atoms. The summed E-state index contributed by atoms with van der Waals surface area (Å²) in [4.78, 5) is 8.38. The predicted octanol–water partition coefficient (Wildman–Crippen LogP) is 3.42. The molecule has 27 heavy (non-hydrogen) atoms. The number of halogens is 3. The molecule has 0 aliphatic carbocycles. The van der Waals surface area contributed by atoms with Gasteiger partial charge in [0.25, 0.3) is 0 Å². The second-order valence-corrected chi connectivity index (χ2v) is 6.35. The summed E-state index contributed by atoms with van der Waals surface area (Å²) in [5.74, 6) is -0.481. The summed E-state index contributed by atoms with van der Waals surface area (Å²) >= 11 is 0. The number of alkyl halides is 2. The van der Waals surface area contributed by atoms with Crippen LogP contribution in [0.15, 0.2) is 36.5 Å². The minimum atomic E-state index is -3.08. The van der Waals surface area contributed by atoms with E-state index in [1.165, 1.54) is 18.3 Å². The molecule has 138 valence electrons. The molecule has 1 aromatic heterocycles. The Morgan fingerprint density at radius 1 is 1.26 bits per heavy atom. The van der Waals surface area contributed by atoms with E-state index < -0.39 is 18.2 Å². The van der Waals surface area contributed by atoms with Crippen LogP contribution in [0.2, 0.25) is 0 Å². The smallest absolute Gasteiger partial charge is 0.387 e. The number of aromatic nitrogens is 1. The molecule has 2 aliphatic heterocycles. The molecule has 0 saturated carbocycles. The van der Waals surface area contributed by atoms with Crippen LogP contribution < -0.4 is 14.5 Å². The molecular weight excluding hydrogens is 357 g/mol. The maximum Gasteiger partial charge on any atom is 0.387 e. The summed E-state index contributed by atoms with van der Waals surface area (Å²) < 4.78 is 43.3. The van der Waals surface area contributed by atoms with Crippen molar-refractivity contribution < 1.29 is 17.9 Å². The van der Waals surface area contributed by atoms with Gasteiger partial charge >= 0.3 is 6.61 Å². The molecule has 0 N–H and O–H groups in total. The van der Waals surface area contributed by atoms with Crippen molar-refractivity contribution in [1.29, 1.82) is 5.26 Å². The van der Waals surface area contributed by atoms with Gasteiger partial charge in [-0.25, -0.2) is 9.37 Å². The van der Waals surface area contributed by atoms with Crippen molar-refractivity contribution in [3.8, 4) is 11.8 Å². The Bertz CT molecular complexity index is 918. The standard InChI is InChI=1S/C19H15F3N4O/c20-15-6-13-2-1-5-26(16(13)7-17(15)27-19(21)22)14-10-25(11-14)18-4-3-12(8-23)9-24-18/h1-4,6-7,9,14,19H,5,10-11H2. The zero-order chi connectivity index (χ0) is 19.0. The van der Waals surface area contributed by atoms with E-state index >= 15 is 0 Å². The van der Waals surface area contributed by atoms with Crippen molar-refractivity contribution >= 4 is 17.6 Å². The lowest BCUT2D eigenvalue weighted by atomic mass is 10.0. The Hall–Kier alpha value is -3.21. The normalized spacial score (nSPS) is 16.1. The van der Waals surface area contributed by atoms with Crippen LogP contribution >= 0.6 is 0 Å². The van der Waals surface area contributed by atoms with Crippen LogP contribution in [-0.2, 0) is 0 Å². The Kier molecular flexibility index (Phi) is 4.36. The first-order chi connectivity index (χ1) is 13.0. The van der Waals surface area contributed by atoms with Crippen molar-refractivity contribution in [2.75, 3.05) is 29.4 Å². The quantitative estimate of drug-likeness (QED) is 0.823. The molecule has 4 rings (SSSR count). The molecule has 1 saturated heterocycles. The summed E-state index contributed by atoms with van der Waals surface area (Å²) in [5.41, 5.74) is 1.81. The molecule has 0 radical (unpaired) electrons. The highest BCUT2D eigenvalue weighted by molar-refractivity contribution is 5.74. The molecule has 3 heterocycles. The number of nitriles is 1. The third-order valence-corrected chi connectivity index (χ3v) is 4.71. The highest BCUT2D eigenvalue weighted by Crippen LogP contribution is 2.36. The lowest BCUT2D eigenvalue weighted by molar-refractivity contribution is -0.0521. The number of anilines is 2. The highest BCUT2D eigenvalue weighted by Gasteiger charge is 2.34. The summed E-state index contributed by atoms with van der Waals surface area (Å²) in [7, 11) is 0. The average molecular weight is 372 g/mol. The van der Waals surface area contributed by atoms with Crippen LogP contribution in [0.25, 0.3) is 6.08 Å². The van der Waals surface area contributed by atoms with E-state index in [0.29, 0.717) is 36.4 Å². The lowest BCUT2D eigenvalue weighted by Gasteiger charge is -2.47. The first-order valence-corrected chi connectivity index (χ1v) is 8.38. The van der Waals surface area contributed by atoms with Gasteiger partial charge in [0, 0.05) is 43.1 Å². The predicted molar refractivity (Wildman–Crippen MR) is 94.4 cm³/mol. The Labute approximate surface area is 153 Å². The van der Waals surface area contributed by atoms with Gasteiger partial charge in [0.15, 0.2) is 11.6 Å². The molecule has 0 amide bonds. The summed E-state index contributed by atoms with van der Waals surface area (Å²) in [6, 6.07) is 8.23. The van der Waals surface area contributed by atoms with Crippen molar-refractivity contribution in [2.45, 2.75) is 12.7 Å². The van der Waals surface area contributed by atoms with Gasteiger partial charge in [-0.15, -0.1) is 0 Å². The Morgan fingerprint density at radius 3 is 2.74 bits per heavy atom. The number of pyridine rings is 1. The number of nitrogens with zero attached hydrogens (tertiary/aromatic N) is 4. The van der Waals surface area contributed by atoms with Gasteiger partial charge in [0.1, 0.15) is 11.9 Å². The van der Waals surface area contributed by atoms with Gasteiger partial charge in [-0.3, -0.25) is 0 Å². The fraction of sp³-hybridized carbons (Fsp3) is 0.263. The van der Waals surface area contributed by atoms with Gasteiger partial charge in [0.05, 0.1) is 11.6 Å². The summed E-state index contributed by atoms with van der Waals surface area (Å²) in [5, 5.41) is 8.84. The first kappa shape index (κ1) is 17.2. The van der Waals surface area contributed by atoms with Crippen LogP contribution in [0.5, 0.6) is 5.75 Å². The van der Waals surface area contributed by atoms with Gasteiger partial charge in [-0.05, 0) is 18.2 Å². The topological polar surface area (TPSA) is 52.4 Å². The number of fused-ring (bicyclic) bond motifs is 1. The molecule has 2 aromatic rings. The average Bonchev–Trinajstić information content (AvgIpc) is 2.62. The maximum atomic E-state index is 14.0. The molecule has 0 unspecified atom stereocenters. The first-order valence-electron chi connectivity index (χ1n) is 8.38. The second-order valence-electron chi connectivity index (χ2n) is 6.35. The fourth-order valence-corrected chi connectivity index (χ4v) is 3.34. The van der Waals surface area contributed by atoms with Crippen LogP contribution in [0.4, 0.5) is 24.7 Å². The van der Waals surface area contributed by atoms with E-state index in [4.69, 9.17) is 5.26 Å². The maximum absolute atomic E-state index is 14.0. The molecule has 0 atom stereocenters. The molecular formula is C19H15F3N4O. The van der Waals surface area contributed by atoms with Gasteiger partial charge in [-0.2, -0.15) is 14.0 Å². The number of rotatable bonds is 4. The molecule has 1 fully saturated rings. The second kappa shape index (κ2) is 6.83. The Morgan fingerprint density at radius 2 is 2.07 bits per heavy atom. The van der Waals surface area contributed by atoms with Crippen LogP contribution in [-0.4, -0.2) is 37.3 Å². The molecule has 8 heteroatoms. The highest BCUT2D eigenvalue weighted by atomic mass is 19.3. The van der Waals surface area contributed by atoms with E-state index in [0.717, 1.165) is 5.82 Å². The molecule has 5 nitrogen and oxygen atoms in total. The van der Waals surface area contributed by atoms with E-state index in [9.17, 15) is 13.2 Å².